The van der Waals surface area contributed by atoms with Gasteiger partial charge in [-0.2, -0.15) is 5.10 Å². The third kappa shape index (κ3) is 3.87. The molecular weight excluding hydrogens is 440 g/mol. The van der Waals surface area contributed by atoms with E-state index >= 15 is 0 Å². The van der Waals surface area contributed by atoms with Crippen LogP contribution in [0.2, 0.25) is 5.02 Å². The van der Waals surface area contributed by atoms with Crippen LogP contribution in [0.25, 0.3) is 16.9 Å². The Labute approximate surface area is 196 Å². The first-order valence-corrected chi connectivity index (χ1v) is 11.1. The van der Waals surface area contributed by atoms with Gasteiger partial charge in [0.15, 0.2) is 5.65 Å². The Morgan fingerprint density at radius 1 is 1.12 bits per heavy atom. The number of hydrogen-bond donors (Lipinski definition) is 3. The molecule has 33 heavy (non-hydrogen) atoms. The van der Waals surface area contributed by atoms with E-state index in [0.29, 0.717) is 28.7 Å². The zero-order chi connectivity index (χ0) is 23.3. The molecule has 5 rings (SSSR count). The standard InChI is InChI=1S/C25H25ClN4O3/c1-25(2,32)15-6-4-14(5-7-15)18-9-11-21-28-23-19(31)13-27-22(24(23)30(21)29-18)17-12-16(26)8-10-20(17)33-3/h4-12,19,22,27,31-32H,13H2,1-3H3. The number of rotatable bonds is 4. The average molecular weight is 465 g/mol. The minimum Gasteiger partial charge on any atom is -0.496 e. The third-order valence-corrected chi connectivity index (χ3v) is 6.27. The molecule has 170 valence electrons. The van der Waals surface area contributed by atoms with E-state index in [2.05, 4.69) is 10.3 Å². The van der Waals surface area contributed by atoms with Gasteiger partial charge >= 0.3 is 0 Å². The van der Waals surface area contributed by atoms with Crippen molar-refractivity contribution in [1.82, 2.24) is 19.9 Å². The van der Waals surface area contributed by atoms with Crippen LogP contribution in [0.5, 0.6) is 5.75 Å². The molecule has 1 aliphatic heterocycles. The van der Waals surface area contributed by atoms with E-state index in [1.54, 1.807) is 31.5 Å². The van der Waals surface area contributed by atoms with Gasteiger partial charge in [-0.25, -0.2) is 9.50 Å². The Morgan fingerprint density at radius 2 is 1.88 bits per heavy atom. The van der Waals surface area contributed by atoms with Crippen LogP contribution in [0, 0.1) is 0 Å². The van der Waals surface area contributed by atoms with E-state index in [-0.39, 0.29) is 6.04 Å². The fourth-order valence-corrected chi connectivity index (χ4v) is 4.48. The average Bonchev–Trinajstić information content (AvgIpc) is 3.19. The quantitative estimate of drug-likeness (QED) is 0.422. The maximum atomic E-state index is 10.7. The maximum absolute atomic E-state index is 10.7. The zero-order valence-electron chi connectivity index (χ0n) is 18.6. The molecule has 0 saturated carbocycles. The third-order valence-electron chi connectivity index (χ3n) is 6.03. The monoisotopic (exact) mass is 464 g/mol. The van der Waals surface area contributed by atoms with Crippen molar-refractivity contribution < 1.29 is 14.9 Å². The van der Waals surface area contributed by atoms with Crippen LogP contribution in [0.4, 0.5) is 0 Å². The lowest BCUT2D eigenvalue weighted by Gasteiger charge is -2.28. The number of nitrogens with one attached hydrogen (secondary N) is 1. The van der Waals surface area contributed by atoms with Crippen molar-refractivity contribution in [2.24, 2.45) is 0 Å². The first-order valence-electron chi connectivity index (χ1n) is 10.7. The van der Waals surface area contributed by atoms with Gasteiger partial charge in [-0.1, -0.05) is 35.9 Å². The molecule has 0 bridgehead atoms. The number of nitrogens with zero attached hydrogens (tertiary/aromatic N) is 3. The van der Waals surface area contributed by atoms with Gasteiger partial charge in [0.2, 0.25) is 0 Å². The van der Waals surface area contributed by atoms with Crippen molar-refractivity contribution in [2.45, 2.75) is 31.6 Å². The lowest BCUT2D eigenvalue weighted by molar-refractivity contribution is 0.0786. The molecule has 0 amide bonds. The molecule has 0 aliphatic carbocycles. The highest BCUT2D eigenvalue weighted by Crippen LogP contribution is 2.38. The van der Waals surface area contributed by atoms with E-state index in [1.807, 2.05) is 48.5 Å². The topological polar surface area (TPSA) is 91.9 Å². The molecule has 0 saturated heterocycles. The summed E-state index contributed by atoms with van der Waals surface area (Å²) in [7, 11) is 1.62. The number of aliphatic hydroxyl groups is 2. The summed E-state index contributed by atoms with van der Waals surface area (Å²) in [5.41, 5.74) is 4.40. The number of ether oxygens (including phenoxy) is 1. The van der Waals surface area contributed by atoms with Gasteiger partial charge in [-0.15, -0.1) is 0 Å². The molecule has 2 unspecified atom stereocenters. The molecule has 2 atom stereocenters. The van der Waals surface area contributed by atoms with Gasteiger partial charge < -0.3 is 20.3 Å². The summed E-state index contributed by atoms with van der Waals surface area (Å²) in [5, 5.41) is 29.7. The lowest BCUT2D eigenvalue weighted by atomic mass is 9.96. The summed E-state index contributed by atoms with van der Waals surface area (Å²) < 4.78 is 7.36. The van der Waals surface area contributed by atoms with Crippen molar-refractivity contribution in [2.75, 3.05) is 13.7 Å². The molecule has 2 aromatic carbocycles. The largest absolute Gasteiger partial charge is 0.496 e. The van der Waals surface area contributed by atoms with E-state index in [9.17, 15) is 10.2 Å². The molecule has 0 radical (unpaired) electrons. The second kappa shape index (κ2) is 8.11. The zero-order valence-corrected chi connectivity index (χ0v) is 19.3. The summed E-state index contributed by atoms with van der Waals surface area (Å²) in [6, 6.07) is 16.6. The molecule has 3 N–H and O–H groups in total. The number of benzene rings is 2. The van der Waals surface area contributed by atoms with Crippen molar-refractivity contribution >= 4 is 17.2 Å². The number of β-amino-alcohol motifs (C(OH)–C–C–N with tert-alkyl or cyclic N) is 1. The van der Waals surface area contributed by atoms with Crippen LogP contribution in [0.1, 0.15) is 48.5 Å². The van der Waals surface area contributed by atoms with Crippen molar-refractivity contribution in [3.63, 3.8) is 0 Å². The highest BCUT2D eigenvalue weighted by molar-refractivity contribution is 6.30. The van der Waals surface area contributed by atoms with Crippen LogP contribution in [0.3, 0.4) is 0 Å². The Morgan fingerprint density at radius 3 is 2.58 bits per heavy atom. The number of hydrogen-bond acceptors (Lipinski definition) is 6. The van der Waals surface area contributed by atoms with Gasteiger partial charge in [0, 0.05) is 22.7 Å². The molecule has 4 aromatic rings. The SMILES string of the molecule is COc1ccc(Cl)cc1C1NCC(O)c2nc3ccc(-c4ccc(C(C)(C)O)cc4)nn3c21. The molecule has 8 heteroatoms. The Balaban J connectivity index is 1.65. The van der Waals surface area contributed by atoms with Gasteiger partial charge in [0.25, 0.3) is 0 Å². The van der Waals surface area contributed by atoms with Crippen molar-refractivity contribution in [3.8, 4) is 17.0 Å². The minimum absolute atomic E-state index is 0.313. The van der Waals surface area contributed by atoms with Gasteiger partial charge in [-0.05, 0) is 49.7 Å². The normalized spacial score (nSPS) is 18.4. The predicted octanol–water partition coefficient (Wildman–Crippen LogP) is 4.01. The lowest BCUT2D eigenvalue weighted by Crippen LogP contribution is -2.34. The van der Waals surface area contributed by atoms with Crippen LogP contribution in [0.15, 0.2) is 54.6 Å². The molecule has 3 heterocycles. The van der Waals surface area contributed by atoms with Crippen molar-refractivity contribution in [3.05, 3.63) is 82.1 Å². The van der Waals surface area contributed by atoms with Gasteiger partial charge in [-0.3, -0.25) is 0 Å². The molecule has 2 aromatic heterocycles. The highest BCUT2D eigenvalue weighted by Gasteiger charge is 2.34. The number of imidazole rings is 1. The summed E-state index contributed by atoms with van der Waals surface area (Å²) in [6.07, 6.45) is -0.752. The van der Waals surface area contributed by atoms with E-state index in [4.69, 9.17) is 21.4 Å². The van der Waals surface area contributed by atoms with Crippen molar-refractivity contribution in [1.29, 1.82) is 0 Å². The first kappa shape index (κ1) is 21.9. The number of methoxy groups -OCH3 is 1. The van der Waals surface area contributed by atoms with E-state index < -0.39 is 11.7 Å². The Kier molecular flexibility index (Phi) is 5.37. The van der Waals surface area contributed by atoms with Gasteiger partial charge in [0.1, 0.15) is 11.9 Å². The number of fused-ring (bicyclic) bond motifs is 3. The smallest absolute Gasteiger partial charge is 0.154 e. The number of aromatic nitrogens is 3. The van der Waals surface area contributed by atoms with Crippen LogP contribution in [-0.4, -0.2) is 38.5 Å². The van der Waals surface area contributed by atoms with E-state index in [0.717, 1.165) is 28.1 Å². The minimum atomic E-state index is -0.912. The summed E-state index contributed by atoms with van der Waals surface area (Å²) in [4.78, 5) is 4.67. The van der Waals surface area contributed by atoms with Crippen LogP contribution >= 0.6 is 11.6 Å². The second-order valence-electron chi connectivity index (χ2n) is 8.75. The molecule has 0 spiro atoms. The summed E-state index contributed by atoms with van der Waals surface area (Å²) in [6.45, 7) is 3.86. The van der Waals surface area contributed by atoms with E-state index in [1.165, 1.54) is 0 Å². The summed E-state index contributed by atoms with van der Waals surface area (Å²) in [5.74, 6) is 0.688. The second-order valence-corrected chi connectivity index (χ2v) is 9.19. The maximum Gasteiger partial charge on any atom is 0.154 e. The first-order chi connectivity index (χ1) is 15.8. The summed E-state index contributed by atoms with van der Waals surface area (Å²) >= 11 is 6.30. The number of aliphatic hydroxyl groups excluding tert-OH is 1. The molecule has 1 aliphatic rings. The molecule has 7 nitrogen and oxygen atoms in total. The molecule has 0 fully saturated rings. The number of halogens is 1. The predicted molar refractivity (Wildman–Crippen MR) is 126 cm³/mol. The van der Waals surface area contributed by atoms with Crippen LogP contribution < -0.4 is 10.1 Å². The highest BCUT2D eigenvalue weighted by atomic mass is 35.5. The Bertz CT molecular complexity index is 1330. The molecular formula is C25H25ClN4O3. The fraction of sp³-hybridized carbons (Fsp3) is 0.280. The van der Waals surface area contributed by atoms with Crippen LogP contribution in [-0.2, 0) is 5.60 Å². The fourth-order valence-electron chi connectivity index (χ4n) is 4.30. The van der Waals surface area contributed by atoms with Gasteiger partial charge in [0.05, 0.1) is 35.8 Å². The Hall–Kier alpha value is -2.97.